The fraction of sp³-hybridized carbons (Fsp3) is 0.143. The van der Waals surface area contributed by atoms with Crippen molar-refractivity contribution in [2.45, 2.75) is 13.0 Å². The summed E-state index contributed by atoms with van der Waals surface area (Å²) in [7, 11) is 0. The third-order valence-corrected chi connectivity index (χ3v) is 4.80. The van der Waals surface area contributed by atoms with E-state index in [9.17, 15) is 14.0 Å². The number of nitrogens with zero attached hydrogens (tertiary/aromatic N) is 3. The average molecular weight is 427 g/mol. The molecule has 2 aromatic carbocycles. The molecule has 0 fully saturated rings. The SMILES string of the molecule is O=C(Cn1cnc2onc(-c3ccc(F)cc3)c2c1=O)NCCc1ccc(Cl)cc1. The van der Waals surface area contributed by atoms with E-state index in [0.717, 1.165) is 5.56 Å². The van der Waals surface area contributed by atoms with Gasteiger partial charge in [0.05, 0.1) is 0 Å². The molecule has 0 aliphatic heterocycles. The van der Waals surface area contributed by atoms with Gasteiger partial charge in [-0.15, -0.1) is 0 Å². The molecule has 0 bridgehead atoms. The highest BCUT2D eigenvalue weighted by atomic mass is 35.5. The first-order valence-electron chi connectivity index (χ1n) is 9.13. The number of carbonyl (C=O) groups excluding carboxylic acids is 1. The molecule has 4 aromatic rings. The number of benzene rings is 2. The van der Waals surface area contributed by atoms with Crippen LogP contribution in [0.15, 0.2) is 64.2 Å². The van der Waals surface area contributed by atoms with Gasteiger partial charge in [-0.25, -0.2) is 9.37 Å². The van der Waals surface area contributed by atoms with Crippen LogP contribution in [0.3, 0.4) is 0 Å². The summed E-state index contributed by atoms with van der Waals surface area (Å²) >= 11 is 5.86. The quantitative estimate of drug-likeness (QED) is 0.511. The van der Waals surface area contributed by atoms with E-state index in [1.807, 2.05) is 12.1 Å². The van der Waals surface area contributed by atoms with Crippen molar-refractivity contribution < 1.29 is 13.7 Å². The molecule has 2 aromatic heterocycles. The summed E-state index contributed by atoms with van der Waals surface area (Å²) in [6.45, 7) is 0.218. The molecule has 0 saturated heterocycles. The van der Waals surface area contributed by atoms with E-state index >= 15 is 0 Å². The topological polar surface area (TPSA) is 90.0 Å². The normalized spacial score (nSPS) is 11.0. The molecule has 0 aliphatic carbocycles. The lowest BCUT2D eigenvalue weighted by atomic mass is 10.1. The number of carbonyl (C=O) groups is 1. The monoisotopic (exact) mass is 426 g/mol. The summed E-state index contributed by atoms with van der Waals surface area (Å²) in [5, 5.41) is 7.45. The van der Waals surface area contributed by atoms with E-state index in [0.29, 0.717) is 23.6 Å². The summed E-state index contributed by atoms with van der Waals surface area (Å²) < 4.78 is 19.5. The summed E-state index contributed by atoms with van der Waals surface area (Å²) in [4.78, 5) is 29.2. The molecule has 0 radical (unpaired) electrons. The zero-order valence-corrected chi connectivity index (χ0v) is 16.4. The van der Waals surface area contributed by atoms with Gasteiger partial charge in [0.15, 0.2) is 0 Å². The summed E-state index contributed by atoms with van der Waals surface area (Å²) in [5.41, 5.74) is 1.39. The van der Waals surface area contributed by atoms with Crippen molar-refractivity contribution in [1.82, 2.24) is 20.0 Å². The Labute approximate surface area is 175 Å². The number of aromatic nitrogens is 3. The average Bonchev–Trinajstić information content (AvgIpc) is 3.17. The van der Waals surface area contributed by atoms with Crippen molar-refractivity contribution in [2.75, 3.05) is 6.54 Å². The molecule has 1 amide bonds. The lowest BCUT2D eigenvalue weighted by Gasteiger charge is -2.07. The maximum absolute atomic E-state index is 13.2. The Morgan fingerprint density at radius 2 is 1.87 bits per heavy atom. The lowest BCUT2D eigenvalue weighted by molar-refractivity contribution is -0.121. The van der Waals surface area contributed by atoms with Gasteiger partial charge in [-0.05, 0) is 48.4 Å². The van der Waals surface area contributed by atoms with Gasteiger partial charge in [0.2, 0.25) is 5.91 Å². The molecular formula is C21H16ClFN4O3. The number of nitrogens with one attached hydrogen (secondary N) is 1. The molecule has 4 rings (SSSR count). The number of hydrogen-bond acceptors (Lipinski definition) is 5. The van der Waals surface area contributed by atoms with Gasteiger partial charge in [0.25, 0.3) is 11.3 Å². The Hall–Kier alpha value is -3.52. The predicted molar refractivity (Wildman–Crippen MR) is 110 cm³/mol. The van der Waals surface area contributed by atoms with Gasteiger partial charge in [-0.3, -0.25) is 14.2 Å². The Balaban J connectivity index is 1.48. The van der Waals surface area contributed by atoms with Crippen LogP contribution in [0, 0.1) is 5.82 Å². The fourth-order valence-corrected chi connectivity index (χ4v) is 3.13. The smallest absolute Gasteiger partial charge is 0.267 e. The van der Waals surface area contributed by atoms with E-state index in [1.54, 1.807) is 12.1 Å². The molecule has 1 N–H and O–H groups in total. The molecule has 2 heterocycles. The third-order valence-electron chi connectivity index (χ3n) is 4.54. The van der Waals surface area contributed by atoms with Crippen LogP contribution in [-0.2, 0) is 17.8 Å². The van der Waals surface area contributed by atoms with Crippen LogP contribution in [0.1, 0.15) is 5.56 Å². The van der Waals surface area contributed by atoms with Gasteiger partial charge in [0.1, 0.15) is 29.8 Å². The van der Waals surface area contributed by atoms with Crippen LogP contribution in [0.2, 0.25) is 5.02 Å². The van der Waals surface area contributed by atoms with Crippen LogP contribution < -0.4 is 10.9 Å². The van der Waals surface area contributed by atoms with Gasteiger partial charge in [-0.1, -0.05) is 28.9 Å². The molecule has 9 heteroatoms. The Morgan fingerprint density at radius 1 is 1.13 bits per heavy atom. The summed E-state index contributed by atoms with van der Waals surface area (Å²) in [6.07, 6.45) is 1.87. The molecule has 0 atom stereocenters. The Bertz CT molecular complexity index is 1250. The van der Waals surface area contributed by atoms with Crippen LogP contribution in [-0.4, -0.2) is 27.2 Å². The second-order valence-electron chi connectivity index (χ2n) is 6.62. The highest BCUT2D eigenvalue weighted by Crippen LogP contribution is 2.24. The van der Waals surface area contributed by atoms with Crippen LogP contribution in [0.25, 0.3) is 22.4 Å². The van der Waals surface area contributed by atoms with Crippen LogP contribution >= 0.6 is 11.6 Å². The first kappa shape index (κ1) is 19.8. The van der Waals surface area contributed by atoms with E-state index in [1.165, 1.54) is 35.2 Å². The molecular weight excluding hydrogens is 411 g/mol. The number of fused-ring (bicyclic) bond motifs is 1. The molecule has 0 spiro atoms. The molecule has 0 saturated carbocycles. The minimum Gasteiger partial charge on any atom is -0.354 e. The second kappa shape index (κ2) is 8.46. The van der Waals surface area contributed by atoms with Crippen molar-refractivity contribution >= 4 is 28.6 Å². The van der Waals surface area contributed by atoms with E-state index < -0.39 is 11.4 Å². The Morgan fingerprint density at radius 3 is 2.60 bits per heavy atom. The van der Waals surface area contributed by atoms with Crippen LogP contribution in [0.4, 0.5) is 4.39 Å². The minimum atomic E-state index is -0.464. The first-order chi connectivity index (χ1) is 14.5. The van der Waals surface area contributed by atoms with E-state index in [4.69, 9.17) is 16.1 Å². The van der Waals surface area contributed by atoms with E-state index in [2.05, 4.69) is 15.5 Å². The summed E-state index contributed by atoms with van der Waals surface area (Å²) in [5.74, 6) is -0.732. The van der Waals surface area contributed by atoms with Gasteiger partial charge >= 0.3 is 0 Å². The largest absolute Gasteiger partial charge is 0.354 e. The molecule has 30 heavy (non-hydrogen) atoms. The third kappa shape index (κ3) is 4.23. The molecule has 0 aliphatic rings. The summed E-state index contributed by atoms with van der Waals surface area (Å²) in [6, 6.07) is 12.9. The predicted octanol–water partition coefficient (Wildman–Crippen LogP) is 3.20. The second-order valence-corrected chi connectivity index (χ2v) is 7.06. The minimum absolute atomic E-state index is 0.0544. The van der Waals surface area contributed by atoms with Crippen molar-refractivity contribution in [3.8, 4) is 11.3 Å². The standard InChI is InChI=1S/C21H16ClFN4O3/c22-15-5-1-13(2-6-15)9-10-24-17(28)11-27-12-25-20-18(21(27)29)19(26-30-20)14-3-7-16(23)8-4-14/h1-8,12H,9-11H2,(H,24,28). The molecule has 7 nitrogen and oxygen atoms in total. The number of rotatable bonds is 6. The van der Waals surface area contributed by atoms with Crippen molar-refractivity contribution in [1.29, 1.82) is 0 Å². The van der Waals surface area contributed by atoms with Crippen LogP contribution in [0.5, 0.6) is 0 Å². The molecule has 0 unspecified atom stereocenters. The highest BCUT2D eigenvalue weighted by molar-refractivity contribution is 6.30. The van der Waals surface area contributed by atoms with Crippen molar-refractivity contribution in [3.05, 3.63) is 81.6 Å². The van der Waals surface area contributed by atoms with Gasteiger partial charge < -0.3 is 9.84 Å². The zero-order valence-electron chi connectivity index (χ0n) is 15.6. The number of amides is 1. The molecule has 152 valence electrons. The fourth-order valence-electron chi connectivity index (χ4n) is 3.01. The maximum Gasteiger partial charge on any atom is 0.267 e. The first-order valence-corrected chi connectivity index (χ1v) is 9.51. The highest BCUT2D eigenvalue weighted by Gasteiger charge is 2.18. The Kier molecular flexibility index (Phi) is 5.58. The van der Waals surface area contributed by atoms with E-state index in [-0.39, 0.29) is 29.2 Å². The van der Waals surface area contributed by atoms with Gasteiger partial charge in [0, 0.05) is 17.1 Å². The van der Waals surface area contributed by atoms with Gasteiger partial charge in [-0.2, -0.15) is 0 Å². The zero-order chi connectivity index (χ0) is 21.1. The number of halogens is 2. The maximum atomic E-state index is 13.2. The van der Waals surface area contributed by atoms with Crippen molar-refractivity contribution in [2.24, 2.45) is 0 Å². The lowest BCUT2D eigenvalue weighted by Crippen LogP contribution is -2.33. The number of hydrogen-bond donors (Lipinski definition) is 1. The van der Waals surface area contributed by atoms with Crippen molar-refractivity contribution in [3.63, 3.8) is 0 Å².